The lowest BCUT2D eigenvalue weighted by Gasteiger charge is -2.08. The summed E-state index contributed by atoms with van der Waals surface area (Å²) in [6.45, 7) is 3.47. The lowest BCUT2D eigenvalue weighted by atomic mass is 10.1. The third kappa shape index (κ3) is 7.51. The van der Waals surface area contributed by atoms with E-state index in [2.05, 4.69) is 12.2 Å². The molecule has 0 aliphatic heterocycles. The highest BCUT2D eigenvalue weighted by Crippen LogP contribution is 2.14. The van der Waals surface area contributed by atoms with Crippen molar-refractivity contribution in [3.8, 4) is 5.75 Å². The van der Waals surface area contributed by atoms with Crippen molar-refractivity contribution < 1.29 is 22.7 Å². The number of carbonyl (C=O) groups is 1. The Bertz CT molecular complexity index is 861. The second-order valence-corrected chi connectivity index (χ2v) is 8.80. The summed E-state index contributed by atoms with van der Waals surface area (Å²) in [6.07, 6.45) is 2.84. The van der Waals surface area contributed by atoms with E-state index < -0.39 is 9.84 Å². The number of sulfone groups is 1. The fourth-order valence-corrected chi connectivity index (χ4v) is 3.81. The molecule has 0 radical (unpaired) electrons. The normalized spacial score (nSPS) is 11.2. The second-order valence-electron chi connectivity index (χ2n) is 6.69. The minimum atomic E-state index is -3.40. The molecule has 0 heterocycles. The summed E-state index contributed by atoms with van der Waals surface area (Å²) < 4.78 is 34.7. The van der Waals surface area contributed by atoms with E-state index in [0.29, 0.717) is 18.5 Å². The first kappa shape index (κ1) is 22.9. The van der Waals surface area contributed by atoms with Gasteiger partial charge in [-0.3, -0.25) is 4.79 Å². The zero-order valence-corrected chi connectivity index (χ0v) is 17.8. The molecule has 0 bridgehead atoms. The van der Waals surface area contributed by atoms with Gasteiger partial charge in [0, 0.05) is 19.2 Å². The molecule has 2 aromatic rings. The molecule has 0 aliphatic carbocycles. The van der Waals surface area contributed by atoms with Gasteiger partial charge in [-0.05, 0) is 54.8 Å². The first-order valence-corrected chi connectivity index (χ1v) is 11.4. The lowest BCUT2D eigenvalue weighted by molar-refractivity contribution is 0.0954. The summed E-state index contributed by atoms with van der Waals surface area (Å²) in [5.74, 6) is 0.537. The highest BCUT2D eigenvalue weighted by Gasteiger charge is 2.15. The molecule has 2 rings (SSSR count). The Hall–Kier alpha value is -2.38. The van der Waals surface area contributed by atoms with Crippen LogP contribution in [0.1, 0.15) is 35.7 Å². The molecular weight excluding hydrogens is 390 g/mol. The van der Waals surface area contributed by atoms with Crippen LogP contribution < -0.4 is 10.1 Å². The number of carbonyl (C=O) groups excluding carboxylic acids is 1. The van der Waals surface area contributed by atoms with E-state index in [1.54, 1.807) is 0 Å². The minimum absolute atomic E-state index is 0.0858. The average Bonchev–Trinajstić information content (AvgIpc) is 2.73. The number of unbranched alkanes of at least 4 members (excludes halogenated alkanes) is 1. The fourth-order valence-electron chi connectivity index (χ4n) is 2.63. The standard InChI is InChI=1S/C22H29NO5S/c1-3-4-15-28-20-9-5-18(6-10-20)13-14-23-22(24)19-7-11-21(12-8-19)29(25,26)17-16-27-2/h5-12H,3-4,13-17H2,1-2H3,(H,23,24). The predicted molar refractivity (Wildman–Crippen MR) is 113 cm³/mol. The molecule has 0 fully saturated rings. The molecule has 0 aromatic heterocycles. The van der Waals surface area contributed by atoms with Gasteiger partial charge in [-0.1, -0.05) is 25.5 Å². The first-order chi connectivity index (χ1) is 14.0. The van der Waals surface area contributed by atoms with Crippen molar-refractivity contribution >= 4 is 15.7 Å². The van der Waals surface area contributed by atoms with Gasteiger partial charge in [0.25, 0.3) is 5.91 Å². The fraction of sp³-hybridized carbons (Fsp3) is 0.409. The monoisotopic (exact) mass is 419 g/mol. The number of hydrogen-bond acceptors (Lipinski definition) is 5. The summed E-state index contributed by atoms with van der Waals surface area (Å²) in [5, 5.41) is 2.86. The number of ether oxygens (including phenoxy) is 2. The van der Waals surface area contributed by atoms with Gasteiger partial charge in [-0.25, -0.2) is 8.42 Å². The second kappa shape index (κ2) is 11.6. The van der Waals surface area contributed by atoms with Crippen molar-refractivity contribution in [2.75, 3.05) is 32.6 Å². The quantitative estimate of drug-likeness (QED) is 0.534. The summed E-state index contributed by atoms with van der Waals surface area (Å²) >= 11 is 0. The maximum absolute atomic E-state index is 12.3. The van der Waals surface area contributed by atoms with Gasteiger partial charge in [0.2, 0.25) is 0 Å². The smallest absolute Gasteiger partial charge is 0.251 e. The molecule has 0 aliphatic rings. The van der Waals surface area contributed by atoms with Crippen molar-refractivity contribution in [2.24, 2.45) is 0 Å². The third-order valence-electron chi connectivity index (χ3n) is 4.42. The van der Waals surface area contributed by atoms with Crippen LogP contribution in [0.15, 0.2) is 53.4 Å². The van der Waals surface area contributed by atoms with Crippen LogP contribution in [0.3, 0.4) is 0 Å². The van der Waals surface area contributed by atoms with E-state index in [1.165, 1.54) is 31.4 Å². The highest BCUT2D eigenvalue weighted by molar-refractivity contribution is 7.91. The van der Waals surface area contributed by atoms with Gasteiger partial charge >= 0.3 is 0 Å². The molecule has 158 valence electrons. The molecule has 0 saturated heterocycles. The van der Waals surface area contributed by atoms with E-state index in [0.717, 1.165) is 30.8 Å². The van der Waals surface area contributed by atoms with Crippen LogP contribution in [-0.2, 0) is 21.0 Å². The first-order valence-electron chi connectivity index (χ1n) is 9.78. The van der Waals surface area contributed by atoms with Gasteiger partial charge in [0.05, 0.1) is 23.9 Å². The molecule has 0 saturated carbocycles. The van der Waals surface area contributed by atoms with Crippen LogP contribution in [0.2, 0.25) is 0 Å². The van der Waals surface area contributed by atoms with Crippen molar-refractivity contribution in [1.29, 1.82) is 0 Å². The molecule has 0 unspecified atom stereocenters. The number of hydrogen-bond donors (Lipinski definition) is 1. The Morgan fingerprint density at radius 1 is 1.00 bits per heavy atom. The number of rotatable bonds is 12. The van der Waals surface area contributed by atoms with Crippen molar-refractivity contribution in [3.63, 3.8) is 0 Å². The van der Waals surface area contributed by atoms with E-state index in [-0.39, 0.29) is 23.2 Å². The third-order valence-corrected chi connectivity index (χ3v) is 6.12. The topological polar surface area (TPSA) is 81.7 Å². The summed E-state index contributed by atoms with van der Waals surface area (Å²) in [4.78, 5) is 12.5. The summed E-state index contributed by atoms with van der Waals surface area (Å²) in [5.41, 5.74) is 1.53. The molecule has 6 nitrogen and oxygen atoms in total. The molecule has 2 aromatic carbocycles. The Kier molecular flexibility index (Phi) is 9.15. The number of methoxy groups -OCH3 is 1. The maximum atomic E-state index is 12.3. The maximum Gasteiger partial charge on any atom is 0.251 e. The van der Waals surface area contributed by atoms with E-state index in [1.807, 2.05) is 24.3 Å². The molecular formula is C22H29NO5S. The number of benzene rings is 2. The van der Waals surface area contributed by atoms with Gasteiger partial charge in [0.1, 0.15) is 5.75 Å². The van der Waals surface area contributed by atoms with Crippen LogP contribution in [0, 0.1) is 0 Å². The Labute approximate surface area is 173 Å². The average molecular weight is 420 g/mol. The lowest BCUT2D eigenvalue weighted by Crippen LogP contribution is -2.25. The minimum Gasteiger partial charge on any atom is -0.494 e. The van der Waals surface area contributed by atoms with Gasteiger partial charge in [-0.2, -0.15) is 0 Å². The van der Waals surface area contributed by atoms with E-state index >= 15 is 0 Å². The van der Waals surface area contributed by atoms with Gasteiger partial charge < -0.3 is 14.8 Å². The summed E-state index contributed by atoms with van der Waals surface area (Å²) in [6, 6.07) is 13.8. The van der Waals surface area contributed by atoms with Crippen molar-refractivity contribution in [1.82, 2.24) is 5.32 Å². The van der Waals surface area contributed by atoms with Crippen LogP contribution in [-0.4, -0.2) is 46.9 Å². The Balaban J connectivity index is 1.82. The molecule has 0 atom stereocenters. The van der Waals surface area contributed by atoms with E-state index in [4.69, 9.17) is 9.47 Å². The molecule has 1 N–H and O–H groups in total. The van der Waals surface area contributed by atoms with Crippen LogP contribution in [0.5, 0.6) is 5.75 Å². The number of nitrogens with one attached hydrogen (secondary N) is 1. The van der Waals surface area contributed by atoms with Crippen molar-refractivity contribution in [3.05, 3.63) is 59.7 Å². The SMILES string of the molecule is CCCCOc1ccc(CCNC(=O)c2ccc(S(=O)(=O)CCOC)cc2)cc1. The molecule has 1 amide bonds. The van der Waals surface area contributed by atoms with Gasteiger partial charge in [-0.15, -0.1) is 0 Å². The zero-order valence-electron chi connectivity index (χ0n) is 17.0. The van der Waals surface area contributed by atoms with Crippen LogP contribution >= 0.6 is 0 Å². The van der Waals surface area contributed by atoms with Crippen LogP contribution in [0.25, 0.3) is 0 Å². The van der Waals surface area contributed by atoms with Crippen molar-refractivity contribution in [2.45, 2.75) is 31.1 Å². The van der Waals surface area contributed by atoms with Crippen LogP contribution in [0.4, 0.5) is 0 Å². The molecule has 7 heteroatoms. The Morgan fingerprint density at radius 3 is 2.31 bits per heavy atom. The molecule has 29 heavy (non-hydrogen) atoms. The predicted octanol–water partition coefficient (Wildman–Crippen LogP) is 3.26. The van der Waals surface area contributed by atoms with Gasteiger partial charge in [0.15, 0.2) is 9.84 Å². The highest BCUT2D eigenvalue weighted by atomic mass is 32.2. The largest absolute Gasteiger partial charge is 0.494 e. The zero-order chi connectivity index (χ0) is 21.1. The summed E-state index contributed by atoms with van der Waals surface area (Å²) in [7, 11) is -1.94. The number of amides is 1. The molecule has 0 spiro atoms. The Morgan fingerprint density at radius 2 is 1.69 bits per heavy atom. The van der Waals surface area contributed by atoms with E-state index in [9.17, 15) is 13.2 Å².